The van der Waals surface area contributed by atoms with Crippen LogP contribution in [-0.2, 0) is 12.5 Å². The van der Waals surface area contributed by atoms with Crippen molar-refractivity contribution in [3.63, 3.8) is 0 Å². The van der Waals surface area contributed by atoms with Gasteiger partial charge in [-0.1, -0.05) is 0 Å². The van der Waals surface area contributed by atoms with E-state index in [1.54, 1.807) is 0 Å². The normalized spacial score (nSPS) is 11.6. The van der Waals surface area contributed by atoms with Crippen molar-refractivity contribution in [3.8, 4) is 5.88 Å². The molecule has 0 amide bonds. The van der Waals surface area contributed by atoms with E-state index in [1.165, 1.54) is 6.20 Å². The first kappa shape index (κ1) is 13.8. The molecule has 0 spiro atoms. The summed E-state index contributed by atoms with van der Waals surface area (Å²) < 4.78 is 40.3. The summed E-state index contributed by atoms with van der Waals surface area (Å²) in [7, 11) is 0. The molecule has 0 saturated heterocycles. The molecule has 0 aliphatic rings. The van der Waals surface area contributed by atoms with Gasteiger partial charge >= 0.3 is 6.36 Å². The van der Waals surface area contributed by atoms with Crippen LogP contribution in [0.5, 0.6) is 5.88 Å². The van der Waals surface area contributed by atoms with Crippen molar-refractivity contribution in [2.24, 2.45) is 0 Å². The lowest BCUT2D eigenvalue weighted by Gasteiger charge is -2.14. The zero-order valence-electron chi connectivity index (χ0n) is 7.68. The number of hydrogen-bond acceptors (Lipinski definition) is 3. The van der Waals surface area contributed by atoms with Crippen LogP contribution in [0, 0.1) is 3.57 Å². The first-order valence-corrected chi connectivity index (χ1v) is 5.59. The maximum Gasteiger partial charge on any atom is 0.574 e. The molecule has 0 atom stereocenters. The molecular formula is C8H6ClF3INO2. The van der Waals surface area contributed by atoms with Crippen molar-refractivity contribution in [1.82, 2.24) is 4.98 Å². The van der Waals surface area contributed by atoms with Crippen molar-refractivity contribution >= 4 is 34.2 Å². The Balaban J connectivity index is 3.19. The molecule has 0 aliphatic carbocycles. The number of aliphatic hydroxyl groups excluding tert-OH is 1. The molecule has 0 aliphatic heterocycles. The van der Waals surface area contributed by atoms with Gasteiger partial charge in [-0.2, -0.15) is 0 Å². The summed E-state index contributed by atoms with van der Waals surface area (Å²) in [4.78, 5) is 3.47. The first-order chi connectivity index (χ1) is 7.39. The highest BCUT2D eigenvalue weighted by Gasteiger charge is 2.33. The second-order valence-corrected chi connectivity index (χ2v) is 4.14. The standard InChI is InChI=1S/C8H6ClF3INO2/c9-1-4-5(3-15)7(14-2-6(4)13)16-8(10,11)12/h2,15H,1,3H2. The number of pyridine rings is 1. The zero-order chi connectivity index (χ0) is 12.3. The Morgan fingerprint density at radius 1 is 1.44 bits per heavy atom. The van der Waals surface area contributed by atoms with Gasteiger partial charge in [0.05, 0.1) is 6.61 Å². The molecular weight excluding hydrogens is 361 g/mol. The third-order valence-corrected chi connectivity index (χ3v) is 2.91. The molecule has 3 nitrogen and oxygen atoms in total. The first-order valence-electron chi connectivity index (χ1n) is 3.98. The van der Waals surface area contributed by atoms with Crippen LogP contribution >= 0.6 is 34.2 Å². The van der Waals surface area contributed by atoms with Gasteiger partial charge in [0.1, 0.15) is 0 Å². The van der Waals surface area contributed by atoms with Gasteiger partial charge in [-0.25, -0.2) is 4.98 Å². The van der Waals surface area contributed by atoms with Gasteiger partial charge in [-0.15, -0.1) is 24.8 Å². The molecule has 1 aromatic heterocycles. The van der Waals surface area contributed by atoms with Crippen molar-refractivity contribution < 1.29 is 23.0 Å². The predicted octanol–water partition coefficient (Wildman–Crippen LogP) is 2.82. The summed E-state index contributed by atoms with van der Waals surface area (Å²) in [6, 6.07) is 0. The van der Waals surface area contributed by atoms with E-state index in [-0.39, 0.29) is 11.4 Å². The molecule has 0 bridgehead atoms. The summed E-state index contributed by atoms with van der Waals surface area (Å²) in [5, 5.41) is 9.00. The third-order valence-electron chi connectivity index (χ3n) is 1.71. The number of aromatic nitrogens is 1. The molecule has 0 aromatic carbocycles. The fourth-order valence-corrected chi connectivity index (χ4v) is 2.24. The lowest BCUT2D eigenvalue weighted by molar-refractivity contribution is -0.276. The van der Waals surface area contributed by atoms with E-state index in [0.717, 1.165) is 0 Å². The van der Waals surface area contributed by atoms with Crippen molar-refractivity contribution in [2.75, 3.05) is 0 Å². The number of halogens is 5. The summed E-state index contributed by atoms with van der Waals surface area (Å²) >= 11 is 7.45. The fraction of sp³-hybridized carbons (Fsp3) is 0.375. The largest absolute Gasteiger partial charge is 0.574 e. The molecule has 1 heterocycles. The van der Waals surface area contributed by atoms with E-state index in [0.29, 0.717) is 9.13 Å². The lowest BCUT2D eigenvalue weighted by atomic mass is 10.1. The van der Waals surface area contributed by atoms with E-state index in [2.05, 4.69) is 9.72 Å². The van der Waals surface area contributed by atoms with Crippen molar-refractivity contribution in [2.45, 2.75) is 18.8 Å². The van der Waals surface area contributed by atoms with Crippen LogP contribution in [0.4, 0.5) is 13.2 Å². The van der Waals surface area contributed by atoms with Gasteiger partial charge in [-0.3, -0.25) is 0 Å². The molecule has 1 rings (SSSR count). The molecule has 1 aromatic rings. The quantitative estimate of drug-likeness (QED) is 0.660. The van der Waals surface area contributed by atoms with E-state index in [1.807, 2.05) is 22.6 Å². The van der Waals surface area contributed by atoms with Gasteiger partial charge in [-0.05, 0) is 28.2 Å². The van der Waals surface area contributed by atoms with Gasteiger partial charge in [0.2, 0.25) is 5.88 Å². The van der Waals surface area contributed by atoms with Crippen LogP contribution in [0.25, 0.3) is 0 Å². The van der Waals surface area contributed by atoms with E-state index < -0.39 is 18.8 Å². The number of alkyl halides is 4. The van der Waals surface area contributed by atoms with Crippen molar-refractivity contribution in [3.05, 3.63) is 20.9 Å². The van der Waals surface area contributed by atoms with Crippen LogP contribution in [-0.4, -0.2) is 16.5 Å². The Hall–Kier alpha value is -0.280. The van der Waals surface area contributed by atoms with Gasteiger partial charge in [0.15, 0.2) is 0 Å². The smallest absolute Gasteiger partial charge is 0.391 e. The number of nitrogens with zero attached hydrogens (tertiary/aromatic N) is 1. The van der Waals surface area contributed by atoms with Crippen LogP contribution in [0.3, 0.4) is 0 Å². The van der Waals surface area contributed by atoms with E-state index in [9.17, 15) is 13.2 Å². The third kappa shape index (κ3) is 3.36. The van der Waals surface area contributed by atoms with E-state index >= 15 is 0 Å². The molecule has 0 unspecified atom stereocenters. The molecule has 1 N–H and O–H groups in total. The minimum atomic E-state index is -4.84. The van der Waals surface area contributed by atoms with Crippen LogP contribution in [0.1, 0.15) is 11.1 Å². The summed E-state index contributed by atoms with van der Waals surface area (Å²) in [6.07, 6.45) is -3.63. The Morgan fingerprint density at radius 2 is 2.06 bits per heavy atom. The molecule has 16 heavy (non-hydrogen) atoms. The van der Waals surface area contributed by atoms with Gasteiger partial charge in [0.25, 0.3) is 0 Å². The maximum atomic E-state index is 12.0. The highest BCUT2D eigenvalue weighted by Crippen LogP contribution is 2.29. The maximum absolute atomic E-state index is 12.0. The second kappa shape index (κ2) is 5.37. The highest BCUT2D eigenvalue weighted by atomic mass is 127. The number of aliphatic hydroxyl groups is 1. The minimum Gasteiger partial charge on any atom is -0.391 e. The summed E-state index contributed by atoms with van der Waals surface area (Å²) in [6.45, 7) is -0.614. The Labute approximate surface area is 108 Å². The van der Waals surface area contributed by atoms with E-state index in [4.69, 9.17) is 16.7 Å². The average molecular weight is 367 g/mol. The monoisotopic (exact) mass is 367 g/mol. The minimum absolute atomic E-state index is 0.0229. The number of hydrogen-bond donors (Lipinski definition) is 1. The molecule has 0 saturated carbocycles. The molecule has 0 fully saturated rings. The fourth-order valence-electron chi connectivity index (χ4n) is 1.05. The van der Waals surface area contributed by atoms with Crippen molar-refractivity contribution in [1.29, 1.82) is 0 Å². The second-order valence-electron chi connectivity index (χ2n) is 2.71. The molecule has 8 heteroatoms. The zero-order valence-corrected chi connectivity index (χ0v) is 10.6. The highest BCUT2D eigenvalue weighted by molar-refractivity contribution is 14.1. The molecule has 90 valence electrons. The lowest BCUT2D eigenvalue weighted by Crippen LogP contribution is -2.19. The predicted molar refractivity (Wildman–Crippen MR) is 59.1 cm³/mol. The van der Waals surface area contributed by atoms with Gasteiger partial charge < -0.3 is 9.84 Å². The SMILES string of the molecule is OCc1c(OC(F)(F)F)ncc(I)c1CCl. The average Bonchev–Trinajstić information content (AvgIpc) is 2.18. The Bertz CT molecular complexity index is 386. The summed E-state index contributed by atoms with van der Waals surface area (Å²) in [5.41, 5.74) is 0.346. The molecule has 0 radical (unpaired) electrons. The summed E-state index contributed by atoms with van der Waals surface area (Å²) in [5.74, 6) is -0.684. The Morgan fingerprint density at radius 3 is 2.50 bits per heavy atom. The van der Waals surface area contributed by atoms with Crippen LogP contribution in [0.15, 0.2) is 6.20 Å². The van der Waals surface area contributed by atoms with Crippen LogP contribution < -0.4 is 4.74 Å². The topological polar surface area (TPSA) is 42.4 Å². The number of ether oxygens (including phenoxy) is 1. The van der Waals surface area contributed by atoms with Crippen LogP contribution in [0.2, 0.25) is 0 Å². The Kier molecular flexibility index (Phi) is 4.62. The number of rotatable bonds is 3. The van der Waals surface area contributed by atoms with Gasteiger partial charge in [0, 0.05) is 21.2 Å².